The molecular formula is C28H31N7O3. The number of hydrogen-bond acceptors (Lipinski definition) is 8. The standard InChI is InChI=1S/C28H31N7O3/c1-19-9-10-20(16-23(19)37-3)26-25-27(29)30-18-31-28(25)35(32-26)22-7-4-6-21(17-22)33(2)24(36)8-5-11-34-12-14-38-15-13-34/h4-10,16-18H,11-15H2,1-3H3,(H2,29,30,31). The number of benzene rings is 2. The van der Waals surface area contributed by atoms with Gasteiger partial charge < -0.3 is 20.1 Å². The van der Waals surface area contributed by atoms with E-state index in [0.29, 0.717) is 22.5 Å². The number of nitrogens with zero attached hydrogens (tertiary/aromatic N) is 6. The molecular weight excluding hydrogens is 482 g/mol. The van der Waals surface area contributed by atoms with Crippen LogP contribution in [-0.2, 0) is 9.53 Å². The molecule has 0 spiro atoms. The number of carbonyl (C=O) groups is 1. The number of aromatic nitrogens is 4. The summed E-state index contributed by atoms with van der Waals surface area (Å²) in [5.41, 5.74) is 10.9. The van der Waals surface area contributed by atoms with Crippen molar-refractivity contribution in [1.29, 1.82) is 0 Å². The first kappa shape index (κ1) is 25.4. The van der Waals surface area contributed by atoms with Crippen LogP contribution in [0.2, 0.25) is 0 Å². The summed E-state index contributed by atoms with van der Waals surface area (Å²) in [6, 6.07) is 13.5. The Bertz CT molecular complexity index is 1490. The summed E-state index contributed by atoms with van der Waals surface area (Å²) in [6.45, 7) is 5.91. The maximum absolute atomic E-state index is 12.9. The highest BCUT2D eigenvalue weighted by molar-refractivity contribution is 6.01. The van der Waals surface area contributed by atoms with E-state index in [-0.39, 0.29) is 5.91 Å². The monoisotopic (exact) mass is 513 g/mol. The van der Waals surface area contributed by atoms with Crippen molar-refractivity contribution in [2.24, 2.45) is 0 Å². The summed E-state index contributed by atoms with van der Waals surface area (Å²) >= 11 is 0. The van der Waals surface area contributed by atoms with E-state index in [0.717, 1.165) is 61.1 Å². The molecule has 1 saturated heterocycles. The van der Waals surface area contributed by atoms with Gasteiger partial charge in [-0.05, 0) is 36.8 Å². The second-order valence-corrected chi connectivity index (χ2v) is 9.13. The van der Waals surface area contributed by atoms with Crippen LogP contribution < -0.4 is 15.4 Å². The lowest BCUT2D eigenvalue weighted by Gasteiger charge is -2.25. The smallest absolute Gasteiger partial charge is 0.250 e. The van der Waals surface area contributed by atoms with Crippen molar-refractivity contribution in [2.75, 3.05) is 57.6 Å². The third-order valence-electron chi connectivity index (χ3n) is 6.70. The van der Waals surface area contributed by atoms with Gasteiger partial charge in [-0.3, -0.25) is 9.69 Å². The van der Waals surface area contributed by atoms with Gasteiger partial charge in [0.1, 0.15) is 23.6 Å². The average Bonchev–Trinajstić information content (AvgIpc) is 3.34. The van der Waals surface area contributed by atoms with E-state index < -0.39 is 0 Å². The number of nitrogen functional groups attached to an aromatic ring is 1. The van der Waals surface area contributed by atoms with E-state index in [1.165, 1.54) is 6.33 Å². The van der Waals surface area contributed by atoms with Crippen molar-refractivity contribution in [3.63, 3.8) is 0 Å². The number of ether oxygens (including phenoxy) is 2. The van der Waals surface area contributed by atoms with Gasteiger partial charge in [0, 0.05) is 44.0 Å². The Balaban J connectivity index is 1.46. The van der Waals surface area contributed by atoms with Gasteiger partial charge in [-0.2, -0.15) is 5.10 Å². The van der Waals surface area contributed by atoms with E-state index in [9.17, 15) is 4.79 Å². The zero-order chi connectivity index (χ0) is 26.6. The first-order valence-corrected chi connectivity index (χ1v) is 12.4. The molecule has 0 saturated carbocycles. The number of anilines is 2. The molecule has 5 rings (SSSR count). The minimum absolute atomic E-state index is 0.111. The SMILES string of the molecule is COc1cc(-c2nn(-c3cccc(N(C)C(=O)C=CCN4CCOCC4)c3)c3ncnc(N)c23)ccc1C. The number of amides is 1. The van der Waals surface area contributed by atoms with Gasteiger partial charge in [-0.15, -0.1) is 0 Å². The van der Waals surface area contributed by atoms with Crippen molar-refractivity contribution in [3.8, 4) is 22.7 Å². The molecule has 4 aromatic rings. The van der Waals surface area contributed by atoms with Gasteiger partial charge in [-0.1, -0.05) is 24.3 Å². The highest BCUT2D eigenvalue weighted by Crippen LogP contribution is 2.34. The van der Waals surface area contributed by atoms with Crippen LogP contribution in [0.25, 0.3) is 28.0 Å². The van der Waals surface area contributed by atoms with Crippen molar-refractivity contribution in [2.45, 2.75) is 6.92 Å². The summed E-state index contributed by atoms with van der Waals surface area (Å²) < 4.78 is 12.6. The molecule has 1 aliphatic heterocycles. The number of carbonyl (C=O) groups excluding carboxylic acids is 1. The van der Waals surface area contributed by atoms with Crippen LogP contribution in [0.5, 0.6) is 5.75 Å². The molecule has 10 heteroatoms. The third-order valence-corrected chi connectivity index (χ3v) is 6.70. The van der Waals surface area contributed by atoms with E-state index in [1.54, 1.807) is 29.8 Å². The van der Waals surface area contributed by atoms with Gasteiger partial charge >= 0.3 is 0 Å². The zero-order valence-corrected chi connectivity index (χ0v) is 21.8. The predicted molar refractivity (Wildman–Crippen MR) is 148 cm³/mol. The summed E-state index contributed by atoms with van der Waals surface area (Å²) in [4.78, 5) is 25.5. The Morgan fingerprint density at radius 1 is 1.18 bits per heavy atom. The average molecular weight is 514 g/mol. The second-order valence-electron chi connectivity index (χ2n) is 9.13. The third kappa shape index (κ3) is 5.09. The van der Waals surface area contributed by atoms with Gasteiger partial charge in [-0.25, -0.2) is 14.6 Å². The number of likely N-dealkylation sites (N-methyl/N-ethyl adjacent to an activating group) is 1. The van der Waals surface area contributed by atoms with Gasteiger partial charge in [0.05, 0.1) is 31.4 Å². The summed E-state index contributed by atoms with van der Waals surface area (Å²) in [7, 11) is 3.40. The van der Waals surface area contributed by atoms with Gasteiger partial charge in [0.25, 0.3) is 0 Å². The van der Waals surface area contributed by atoms with Crippen LogP contribution in [0, 0.1) is 6.92 Å². The molecule has 0 radical (unpaired) electrons. The van der Waals surface area contributed by atoms with Crippen molar-refractivity contribution >= 4 is 28.4 Å². The normalized spacial score (nSPS) is 14.3. The molecule has 2 N–H and O–H groups in total. The van der Waals surface area contributed by atoms with Crippen LogP contribution in [-0.4, -0.2) is 77.6 Å². The summed E-state index contributed by atoms with van der Waals surface area (Å²) in [5.74, 6) is 0.980. The Hall–Kier alpha value is -4.28. The van der Waals surface area contributed by atoms with Crippen LogP contribution in [0.1, 0.15) is 5.56 Å². The molecule has 3 heterocycles. The van der Waals surface area contributed by atoms with E-state index >= 15 is 0 Å². The molecule has 1 amide bonds. The summed E-state index contributed by atoms with van der Waals surface area (Å²) in [6.07, 6.45) is 4.94. The lowest BCUT2D eigenvalue weighted by molar-refractivity contribution is -0.113. The first-order valence-electron chi connectivity index (χ1n) is 12.4. The number of rotatable bonds is 7. The molecule has 0 unspecified atom stereocenters. The van der Waals surface area contributed by atoms with Crippen molar-refractivity contribution in [1.82, 2.24) is 24.6 Å². The highest BCUT2D eigenvalue weighted by Gasteiger charge is 2.20. The molecule has 10 nitrogen and oxygen atoms in total. The van der Waals surface area contributed by atoms with Crippen LogP contribution in [0.4, 0.5) is 11.5 Å². The fraction of sp³-hybridized carbons (Fsp3) is 0.286. The largest absolute Gasteiger partial charge is 0.496 e. The van der Waals surface area contributed by atoms with Crippen molar-refractivity contribution in [3.05, 3.63) is 66.5 Å². The maximum atomic E-state index is 12.9. The van der Waals surface area contributed by atoms with E-state index in [4.69, 9.17) is 20.3 Å². The van der Waals surface area contributed by atoms with Crippen LogP contribution in [0.3, 0.4) is 0 Å². The van der Waals surface area contributed by atoms with E-state index in [2.05, 4.69) is 14.9 Å². The fourth-order valence-corrected chi connectivity index (χ4v) is 4.48. The Labute approximate surface area is 221 Å². The molecule has 1 aliphatic rings. The minimum atomic E-state index is -0.111. The summed E-state index contributed by atoms with van der Waals surface area (Å²) in [5, 5.41) is 5.54. The predicted octanol–water partition coefficient (Wildman–Crippen LogP) is 3.23. The lowest BCUT2D eigenvalue weighted by atomic mass is 10.1. The minimum Gasteiger partial charge on any atom is -0.496 e. The maximum Gasteiger partial charge on any atom is 0.250 e. The molecule has 0 bridgehead atoms. The Kier molecular flexibility index (Phi) is 7.34. The van der Waals surface area contributed by atoms with Gasteiger partial charge in [0.2, 0.25) is 5.91 Å². The number of fused-ring (bicyclic) bond motifs is 1. The Morgan fingerprint density at radius 2 is 2.00 bits per heavy atom. The molecule has 2 aromatic heterocycles. The quantitative estimate of drug-likeness (QED) is 0.375. The molecule has 2 aromatic carbocycles. The number of methoxy groups -OCH3 is 1. The highest BCUT2D eigenvalue weighted by atomic mass is 16.5. The molecule has 0 aliphatic carbocycles. The number of aryl methyl sites for hydroxylation is 1. The fourth-order valence-electron chi connectivity index (χ4n) is 4.48. The number of morpholine rings is 1. The molecule has 196 valence electrons. The van der Waals surface area contributed by atoms with Crippen LogP contribution in [0.15, 0.2) is 60.9 Å². The number of hydrogen-bond donors (Lipinski definition) is 1. The molecule has 38 heavy (non-hydrogen) atoms. The lowest BCUT2D eigenvalue weighted by Crippen LogP contribution is -2.36. The molecule has 0 atom stereocenters. The Morgan fingerprint density at radius 3 is 2.79 bits per heavy atom. The number of nitrogens with two attached hydrogens (primary N) is 1. The zero-order valence-electron chi connectivity index (χ0n) is 21.8. The van der Waals surface area contributed by atoms with Gasteiger partial charge in [0.15, 0.2) is 5.65 Å². The molecule has 1 fully saturated rings. The van der Waals surface area contributed by atoms with Crippen LogP contribution >= 0.6 is 0 Å². The first-order chi connectivity index (χ1) is 18.5. The van der Waals surface area contributed by atoms with E-state index in [1.807, 2.05) is 55.5 Å². The second kappa shape index (κ2) is 11.0. The van der Waals surface area contributed by atoms with Crippen molar-refractivity contribution < 1.29 is 14.3 Å². The topological polar surface area (TPSA) is 112 Å².